The smallest absolute Gasteiger partial charge is 0.243 e. The van der Waals surface area contributed by atoms with Crippen molar-refractivity contribution in [3.8, 4) is 0 Å². The molecular weight excluding hydrogens is 257 g/mol. The summed E-state index contributed by atoms with van der Waals surface area (Å²) in [6.07, 6.45) is 0.409. The lowest BCUT2D eigenvalue weighted by molar-refractivity contribution is 0.113. The predicted molar refractivity (Wildman–Crippen MR) is 65.1 cm³/mol. The molecule has 1 fully saturated rings. The molecule has 6 heteroatoms. The van der Waals surface area contributed by atoms with E-state index in [4.69, 9.17) is 0 Å². The van der Waals surface area contributed by atoms with Crippen LogP contribution in [0.15, 0.2) is 23.1 Å². The van der Waals surface area contributed by atoms with E-state index in [0.717, 1.165) is 0 Å². The highest BCUT2D eigenvalue weighted by molar-refractivity contribution is 7.89. The van der Waals surface area contributed by atoms with Gasteiger partial charge in [0, 0.05) is 18.7 Å². The third-order valence-electron chi connectivity index (χ3n) is 3.26. The Hall–Kier alpha value is -0.980. The van der Waals surface area contributed by atoms with Gasteiger partial charge in [0.2, 0.25) is 10.0 Å². The normalized spacial score (nSPS) is 19.1. The zero-order valence-corrected chi connectivity index (χ0v) is 11.0. The summed E-state index contributed by atoms with van der Waals surface area (Å²) in [4.78, 5) is 0.0129. The molecule has 1 aromatic rings. The Morgan fingerprint density at radius 2 is 1.94 bits per heavy atom. The van der Waals surface area contributed by atoms with Crippen molar-refractivity contribution in [2.45, 2.75) is 30.8 Å². The second-order valence-corrected chi connectivity index (χ2v) is 6.40. The average molecular weight is 273 g/mol. The van der Waals surface area contributed by atoms with Crippen molar-refractivity contribution in [1.29, 1.82) is 0 Å². The van der Waals surface area contributed by atoms with E-state index in [1.165, 1.54) is 29.4 Å². The molecule has 1 heterocycles. The Morgan fingerprint density at radius 1 is 1.33 bits per heavy atom. The Balaban J connectivity index is 2.34. The van der Waals surface area contributed by atoms with E-state index in [1.54, 1.807) is 0 Å². The number of hydrogen-bond donors (Lipinski definition) is 1. The molecule has 1 N–H and O–H groups in total. The minimum Gasteiger partial charge on any atom is -0.393 e. The largest absolute Gasteiger partial charge is 0.393 e. The SMILES string of the molecule is Cc1c(F)cccc1S(=O)(=O)N1CCC(O)CC1. The molecule has 2 rings (SSSR count). The number of benzene rings is 1. The molecule has 4 nitrogen and oxygen atoms in total. The minimum absolute atomic E-state index is 0.0129. The van der Waals surface area contributed by atoms with E-state index in [0.29, 0.717) is 12.8 Å². The molecule has 0 spiro atoms. The first-order valence-electron chi connectivity index (χ1n) is 5.86. The average Bonchev–Trinajstić information content (AvgIpc) is 2.33. The third kappa shape index (κ3) is 2.41. The Kier molecular flexibility index (Phi) is 3.70. The number of hydrogen-bond acceptors (Lipinski definition) is 3. The quantitative estimate of drug-likeness (QED) is 0.883. The second kappa shape index (κ2) is 4.95. The van der Waals surface area contributed by atoms with Crippen LogP contribution >= 0.6 is 0 Å². The van der Waals surface area contributed by atoms with Crippen LogP contribution in [0.25, 0.3) is 0 Å². The fourth-order valence-corrected chi connectivity index (χ4v) is 3.79. The highest BCUT2D eigenvalue weighted by Crippen LogP contribution is 2.24. The molecule has 0 saturated carbocycles. The number of nitrogens with zero attached hydrogens (tertiary/aromatic N) is 1. The first kappa shape index (κ1) is 13.5. The molecule has 0 amide bonds. The minimum atomic E-state index is -3.66. The van der Waals surface area contributed by atoms with Crippen LogP contribution in [0.4, 0.5) is 4.39 Å². The fraction of sp³-hybridized carbons (Fsp3) is 0.500. The monoisotopic (exact) mass is 273 g/mol. The van der Waals surface area contributed by atoms with Gasteiger partial charge in [-0.15, -0.1) is 0 Å². The topological polar surface area (TPSA) is 57.6 Å². The van der Waals surface area contributed by atoms with Gasteiger partial charge in [-0.3, -0.25) is 0 Å². The first-order valence-corrected chi connectivity index (χ1v) is 7.30. The van der Waals surface area contributed by atoms with Crippen LogP contribution in [0.5, 0.6) is 0 Å². The molecule has 0 radical (unpaired) electrons. The van der Waals surface area contributed by atoms with Crippen LogP contribution in [-0.4, -0.2) is 37.0 Å². The van der Waals surface area contributed by atoms with Crippen LogP contribution < -0.4 is 0 Å². The van der Waals surface area contributed by atoms with Gasteiger partial charge < -0.3 is 5.11 Å². The van der Waals surface area contributed by atoms with E-state index < -0.39 is 21.9 Å². The summed E-state index contributed by atoms with van der Waals surface area (Å²) in [5, 5.41) is 9.38. The summed E-state index contributed by atoms with van der Waals surface area (Å²) in [5.74, 6) is -0.520. The van der Waals surface area contributed by atoms with Crippen molar-refractivity contribution in [1.82, 2.24) is 4.31 Å². The molecule has 0 bridgehead atoms. The Bertz CT molecular complexity index is 536. The maximum atomic E-state index is 13.4. The molecule has 18 heavy (non-hydrogen) atoms. The Labute approximate surface area is 106 Å². The summed E-state index contributed by atoms with van der Waals surface area (Å²) in [7, 11) is -3.66. The van der Waals surface area contributed by atoms with Gasteiger partial charge in [-0.05, 0) is 31.9 Å². The number of rotatable bonds is 2. The lowest BCUT2D eigenvalue weighted by atomic mass is 10.1. The molecule has 1 saturated heterocycles. The zero-order valence-electron chi connectivity index (χ0n) is 10.1. The molecule has 0 unspecified atom stereocenters. The number of piperidine rings is 1. The first-order chi connectivity index (χ1) is 8.43. The van der Waals surface area contributed by atoms with Gasteiger partial charge in [0.25, 0.3) is 0 Å². The lowest BCUT2D eigenvalue weighted by Crippen LogP contribution is -2.40. The highest BCUT2D eigenvalue weighted by atomic mass is 32.2. The maximum absolute atomic E-state index is 13.4. The summed E-state index contributed by atoms with van der Waals surface area (Å²) < 4.78 is 39.4. The predicted octanol–water partition coefficient (Wildman–Crippen LogP) is 1.28. The van der Waals surface area contributed by atoms with Gasteiger partial charge in [0.1, 0.15) is 5.82 Å². The van der Waals surface area contributed by atoms with Crippen molar-refractivity contribution in [3.05, 3.63) is 29.6 Å². The molecule has 1 aliphatic rings. The van der Waals surface area contributed by atoms with Gasteiger partial charge in [-0.1, -0.05) is 6.07 Å². The van der Waals surface area contributed by atoms with Crippen molar-refractivity contribution in [3.63, 3.8) is 0 Å². The van der Waals surface area contributed by atoms with E-state index in [2.05, 4.69) is 0 Å². The highest BCUT2D eigenvalue weighted by Gasteiger charge is 2.30. The molecule has 1 aliphatic heterocycles. The summed E-state index contributed by atoms with van der Waals surface area (Å²) in [6.45, 7) is 2.01. The van der Waals surface area contributed by atoms with Crippen LogP contribution in [0.1, 0.15) is 18.4 Å². The van der Waals surface area contributed by atoms with Crippen molar-refractivity contribution in [2.75, 3.05) is 13.1 Å². The standard InChI is InChI=1S/C12H16FNO3S/c1-9-11(13)3-2-4-12(9)18(16,17)14-7-5-10(15)6-8-14/h2-4,10,15H,5-8H2,1H3. The molecule has 0 aliphatic carbocycles. The summed E-state index contributed by atoms with van der Waals surface area (Å²) in [5.41, 5.74) is 0.142. The van der Waals surface area contributed by atoms with Gasteiger partial charge in [0.15, 0.2) is 0 Å². The van der Waals surface area contributed by atoms with E-state index in [1.807, 2.05) is 0 Å². The molecule has 0 atom stereocenters. The second-order valence-electron chi connectivity index (χ2n) is 4.50. The van der Waals surface area contributed by atoms with Crippen LogP contribution in [0, 0.1) is 12.7 Å². The maximum Gasteiger partial charge on any atom is 0.243 e. The van der Waals surface area contributed by atoms with Gasteiger partial charge in [0.05, 0.1) is 11.0 Å². The van der Waals surface area contributed by atoms with E-state index >= 15 is 0 Å². The van der Waals surface area contributed by atoms with Crippen molar-refractivity contribution >= 4 is 10.0 Å². The van der Waals surface area contributed by atoms with Gasteiger partial charge in [-0.25, -0.2) is 12.8 Å². The zero-order chi connectivity index (χ0) is 13.3. The van der Waals surface area contributed by atoms with Crippen molar-refractivity contribution in [2.24, 2.45) is 0 Å². The summed E-state index contributed by atoms with van der Waals surface area (Å²) in [6, 6.07) is 4.06. The molecule has 100 valence electrons. The molecular formula is C12H16FNO3S. The summed E-state index contributed by atoms with van der Waals surface area (Å²) >= 11 is 0. The van der Waals surface area contributed by atoms with Crippen LogP contribution in [0.2, 0.25) is 0 Å². The van der Waals surface area contributed by atoms with Gasteiger partial charge >= 0.3 is 0 Å². The van der Waals surface area contributed by atoms with E-state index in [-0.39, 0.29) is 23.5 Å². The fourth-order valence-electron chi connectivity index (χ4n) is 2.09. The number of halogens is 1. The Morgan fingerprint density at radius 3 is 2.56 bits per heavy atom. The molecule has 0 aromatic heterocycles. The number of aliphatic hydroxyl groups is 1. The van der Waals surface area contributed by atoms with Crippen LogP contribution in [0.3, 0.4) is 0 Å². The lowest BCUT2D eigenvalue weighted by Gasteiger charge is -2.29. The number of sulfonamides is 1. The number of aliphatic hydroxyl groups excluding tert-OH is 1. The third-order valence-corrected chi connectivity index (χ3v) is 5.30. The van der Waals surface area contributed by atoms with Gasteiger partial charge in [-0.2, -0.15) is 4.31 Å². The van der Waals surface area contributed by atoms with Crippen LogP contribution in [-0.2, 0) is 10.0 Å². The van der Waals surface area contributed by atoms with Crippen molar-refractivity contribution < 1.29 is 17.9 Å². The molecule has 1 aromatic carbocycles. The van der Waals surface area contributed by atoms with E-state index in [9.17, 15) is 17.9 Å².